The molecule has 0 bridgehead atoms. The number of imidazole rings is 1. The molecule has 2 N–H and O–H groups in total. The molecule has 0 radical (unpaired) electrons. The van der Waals surface area contributed by atoms with Crippen LogP contribution in [0.1, 0.15) is 12.5 Å². The van der Waals surface area contributed by atoms with E-state index in [0.717, 1.165) is 33.6 Å². The Labute approximate surface area is 195 Å². The zero-order valence-electron chi connectivity index (χ0n) is 18.5. The molecule has 2 aromatic carbocycles. The molecule has 0 aliphatic rings. The number of ether oxygens (including phenoxy) is 1. The maximum Gasteiger partial charge on any atom is 0.300 e. The molecule has 0 saturated heterocycles. The number of rotatable bonds is 5. The van der Waals surface area contributed by atoms with Gasteiger partial charge in [0.05, 0.1) is 5.52 Å². The van der Waals surface area contributed by atoms with E-state index >= 15 is 0 Å². The van der Waals surface area contributed by atoms with Crippen molar-refractivity contribution in [3.05, 3.63) is 79.0 Å². The van der Waals surface area contributed by atoms with Crippen molar-refractivity contribution in [2.45, 2.75) is 13.8 Å². The number of aromatic nitrogens is 4. The number of hydrogen-bond acceptors (Lipinski definition) is 6. The van der Waals surface area contributed by atoms with E-state index in [2.05, 4.69) is 37.4 Å². The zero-order valence-corrected chi connectivity index (χ0v) is 18.5. The smallest absolute Gasteiger partial charge is 0.300 e. The zero-order chi connectivity index (χ0) is 23.5. The van der Waals surface area contributed by atoms with Gasteiger partial charge < -0.3 is 19.8 Å². The van der Waals surface area contributed by atoms with E-state index in [1.807, 2.05) is 66.2 Å². The van der Waals surface area contributed by atoms with Crippen molar-refractivity contribution in [2.75, 3.05) is 10.6 Å². The minimum atomic E-state index is -0.369. The first kappa shape index (κ1) is 21.0. The van der Waals surface area contributed by atoms with Crippen LogP contribution in [0.5, 0.6) is 11.5 Å². The second-order valence-electron chi connectivity index (χ2n) is 7.55. The van der Waals surface area contributed by atoms with Gasteiger partial charge in [-0.05, 0) is 67.8 Å². The van der Waals surface area contributed by atoms with Crippen LogP contribution >= 0.6 is 0 Å². The van der Waals surface area contributed by atoms with E-state index in [1.165, 1.54) is 6.33 Å². The van der Waals surface area contributed by atoms with E-state index in [0.29, 0.717) is 17.3 Å². The van der Waals surface area contributed by atoms with Gasteiger partial charge in [-0.3, -0.25) is 4.79 Å². The van der Waals surface area contributed by atoms with E-state index in [9.17, 15) is 4.79 Å². The maximum atomic E-state index is 11.8. The van der Waals surface area contributed by atoms with Crippen LogP contribution in [-0.2, 0) is 4.79 Å². The molecule has 3 heterocycles. The van der Waals surface area contributed by atoms with Crippen LogP contribution in [0.15, 0.2) is 73.4 Å². The van der Waals surface area contributed by atoms with E-state index in [4.69, 9.17) is 4.74 Å². The van der Waals surface area contributed by atoms with Gasteiger partial charge >= 0.3 is 0 Å². The van der Waals surface area contributed by atoms with E-state index in [1.54, 1.807) is 19.2 Å². The van der Waals surface area contributed by atoms with Crippen LogP contribution in [0, 0.1) is 18.8 Å². The normalized spacial score (nSPS) is 10.5. The highest BCUT2D eigenvalue weighted by Crippen LogP contribution is 2.30. The number of pyridine rings is 1. The standard InChI is InChI=1S/C26H20N6O2/c1-3-4-25(33)30-19-5-7-22-21(14-19)26(29-16-28-22)31-18-6-8-23(17(2)13-18)34-20-9-11-32-12-10-27-24(32)15-20/h5-16H,1-2H3,(H,30,33)(H,28,29,31). The van der Waals surface area contributed by atoms with Gasteiger partial charge in [-0.1, -0.05) is 5.92 Å². The number of anilines is 3. The first-order valence-electron chi connectivity index (χ1n) is 10.6. The number of aryl methyl sites for hydroxylation is 1. The largest absolute Gasteiger partial charge is 0.457 e. The van der Waals surface area contributed by atoms with Crippen molar-refractivity contribution in [3.8, 4) is 23.3 Å². The van der Waals surface area contributed by atoms with Gasteiger partial charge in [0.25, 0.3) is 5.91 Å². The fraction of sp³-hybridized carbons (Fsp3) is 0.0769. The fourth-order valence-corrected chi connectivity index (χ4v) is 3.57. The lowest BCUT2D eigenvalue weighted by molar-refractivity contribution is -0.111. The summed E-state index contributed by atoms with van der Waals surface area (Å²) in [5.41, 5.74) is 3.99. The molecule has 8 heteroatoms. The average molecular weight is 448 g/mol. The van der Waals surface area contributed by atoms with Gasteiger partial charge in [0.1, 0.15) is 29.3 Å². The van der Waals surface area contributed by atoms with Gasteiger partial charge in [-0.15, -0.1) is 0 Å². The van der Waals surface area contributed by atoms with Crippen LogP contribution < -0.4 is 15.4 Å². The number of amides is 1. The van der Waals surface area contributed by atoms with Crippen molar-refractivity contribution in [1.82, 2.24) is 19.4 Å². The number of nitrogens with zero attached hydrogens (tertiary/aromatic N) is 4. The maximum absolute atomic E-state index is 11.8. The third kappa shape index (κ3) is 4.36. The van der Waals surface area contributed by atoms with Crippen LogP contribution in [-0.4, -0.2) is 25.3 Å². The average Bonchev–Trinajstić information content (AvgIpc) is 3.29. The summed E-state index contributed by atoms with van der Waals surface area (Å²) in [5, 5.41) is 6.88. The van der Waals surface area contributed by atoms with Gasteiger partial charge in [0, 0.05) is 41.4 Å². The Morgan fingerprint density at radius 3 is 2.74 bits per heavy atom. The third-order valence-corrected chi connectivity index (χ3v) is 5.17. The fourth-order valence-electron chi connectivity index (χ4n) is 3.57. The Balaban J connectivity index is 1.39. The lowest BCUT2D eigenvalue weighted by Crippen LogP contribution is -2.08. The van der Waals surface area contributed by atoms with Crippen molar-refractivity contribution in [3.63, 3.8) is 0 Å². The Kier molecular flexibility index (Phi) is 5.50. The summed E-state index contributed by atoms with van der Waals surface area (Å²) in [6, 6.07) is 15.0. The molecule has 5 aromatic rings. The Morgan fingerprint density at radius 1 is 1.00 bits per heavy atom. The minimum Gasteiger partial charge on any atom is -0.457 e. The molecule has 0 aliphatic carbocycles. The summed E-state index contributed by atoms with van der Waals surface area (Å²) in [5.74, 6) is 6.77. The minimum absolute atomic E-state index is 0.369. The predicted molar refractivity (Wildman–Crippen MR) is 131 cm³/mol. The first-order valence-corrected chi connectivity index (χ1v) is 10.6. The number of hydrogen-bond donors (Lipinski definition) is 2. The number of nitrogens with one attached hydrogen (secondary N) is 2. The van der Waals surface area contributed by atoms with Crippen LogP contribution in [0.2, 0.25) is 0 Å². The second kappa shape index (κ2) is 8.92. The second-order valence-corrected chi connectivity index (χ2v) is 7.55. The predicted octanol–water partition coefficient (Wildman–Crippen LogP) is 5.08. The molecule has 0 saturated carbocycles. The Bertz CT molecular complexity index is 1600. The lowest BCUT2D eigenvalue weighted by atomic mass is 10.1. The van der Waals surface area contributed by atoms with Gasteiger partial charge in [0.15, 0.2) is 0 Å². The number of benzene rings is 2. The summed E-state index contributed by atoms with van der Waals surface area (Å²) in [6.07, 6.45) is 7.05. The summed E-state index contributed by atoms with van der Waals surface area (Å²) < 4.78 is 8.00. The first-order chi connectivity index (χ1) is 16.6. The van der Waals surface area contributed by atoms with Crippen molar-refractivity contribution in [2.24, 2.45) is 0 Å². The third-order valence-electron chi connectivity index (χ3n) is 5.17. The van der Waals surface area contributed by atoms with Crippen LogP contribution in [0.4, 0.5) is 17.2 Å². The molecule has 34 heavy (non-hydrogen) atoms. The van der Waals surface area contributed by atoms with Crippen molar-refractivity contribution < 1.29 is 9.53 Å². The molecule has 0 spiro atoms. The molecule has 1 amide bonds. The Morgan fingerprint density at radius 2 is 1.88 bits per heavy atom. The van der Waals surface area contributed by atoms with Crippen molar-refractivity contribution in [1.29, 1.82) is 0 Å². The van der Waals surface area contributed by atoms with Crippen LogP contribution in [0.25, 0.3) is 16.6 Å². The lowest BCUT2D eigenvalue weighted by Gasteiger charge is -2.13. The monoisotopic (exact) mass is 448 g/mol. The quantitative estimate of drug-likeness (QED) is 0.364. The highest BCUT2D eigenvalue weighted by atomic mass is 16.5. The molecular weight excluding hydrogens is 428 g/mol. The molecule has 0 aliphatic heterocycles. The molecule has 3 aromatic heterocycles. The number of carbonyl (C=O) groups excluding carboxylic acids is 1. The number of carbonyl (C=O) groups is 1. The van der Waals surface area contributed by atoms with Gasteiger partial charge in [-0.2, -0.15) is 0 Å². The van der Waals surface area contributed by atoms with Crippen molar-refractivity contribution >= 4 is 39.6 Å². The summed E-state index contributed by atoms with van der Waals surface area (Å²) in [6.45, 7) is 3.60. The molecule has 0 unspecified atom stereocenters. The van der Waals surface area contributed by atoms with Crippen LogP contribution in [0.3, 0.4) is 0 Å². The van der Waals surface area contributed by atoms with E-state index in [-0.39, 0.29) is 5.91 Å². The topological polar surface area (TPSA) is 93.4 Å². The molecule has 5 rings (SSSR count). The van der Waals surface area contributed by atoms with Gasteiger partial charge in [-0.25, -0.2) is 15.0 Å². The summed E-state index contributed by atoms with van der Waals surface area (Å²) in [4.78, 5) is 24.8. The molecule has 0 atom stereocenters. The Hall–Kier alpha value is -4.90. The van der Waals surface area contributed by atoms with Gasteiger partial charge in [0.2, 0.25) is 0 Å². The van der Waals surface area contributed by atoms with E-state index < -0.39 is 0 Å². The number of fused-ring (bicyclic) bond motifs is 2. The summed E-state index contributed by atoms with van der Waals surface area (Å²) in [7, 11) is 0. The highest BCUT2D eigenvalue weighted by Gasteiger charge is 2.09. The molecule has 0 fully saturated rings. The summed E-state index contributed by atoms with van der Waals surface area (Å²) >= 11 is 0. The SMILES string of the molecule is CC#CC(=O)Nc1ccc2ncnc(Nc3ccc(Oc4ccn5ccnc5c4)c(C)c3)c2c1. The molecule has 166 valence electrons. The molecular formula is C26H20N6O2. The molecule has 8 nitrogen and oxygen atoms in total. The highest BCUT2D eigenvalue weighted by molar-refractivity contribution is 6.05.